The molecule has 0 aliphatic heterocycles. The van der Waals surface area contributed by atoms with E-state index in [0.717, 1.165) is 10.5 Å². The van der Waals surface area contributed by atoms with Crippen molar-refractivity contribution >= 4 is 23.8 Å². The van der Waals surface area contributed by atoms with E-state index in [0.29, 0.717) is 25.0 Å². The van der Waals surface area contributed by atoms with Crippen LogP contribution < -0.4 is 4.90 Å². The van der Waals surface area contributed by atoms with E-state index in [-0.39, 0.29) is 24.1 Å². The summed E-state index contributed by atoms with van der Waals surface area (Å²) in [5.74, 6) is 0.406. The normalized spacial score (nSPS) is 16.5. The standard InChI is InChI=1S/C25H33N3O5/c1-24(2,3)28-21(15-20(26-28)18-12-13-19(29)14-18)27(23(31)33-25(4,5)6)22(30)32-16-17-10-8-7-9-11-17/h7-11,15,18H,12-14,16H2,1-6H3. The summed E-state index contributed by atoms with van der Waals surface area (Å²) in [6.07, 6.45) is -0.0832. The van der Waals surface area contributed by atoms with E-state index in [9.17, 15) is 14.4 Å². The fourth-order valence-corrected chi connectivity index (χ4v) is 3.66. The number of carbonyl (C=O) groups excluding carboxylic acids is 3. The van der Waals surface area contributed by atoms with E-state index in [1.165, 1.54) is 0 Å². The molecule has 0 radical (unpaired) electrons. The molecule has 1 heterocycles. The number of imide groups is 1. The molecule has 8 heteroatoms. The van der Waals surface area contributed by atoms with Gasteiger partial charge in [-0.3, -0.25) is 4.79 Å². The average molecular weight is 456 g/mol. The Morgan fingerprint density at radius 2 is 1.76 bits per heavy atom. The number of nitrogens with zero attached hydrogens (tertiary/aromatic N) is 3. The van der Waals surface area contributed by atoms with Gasteiger partial charge in [-0.25, -0.2) is 14.3 Å². The number of amides is 2. The van der Waals surface area contributed by atoms with E-state index >= 15 is 0 Å². The maximum atomic E-state index is 13.2. The number of carbonyl (C=O) groups is 3. The molecule has 1 fully saturated rings. The summed E-state index contributed by atoms with van der Waals surface area (Å²) in [4.78, 5) is 39.1. The summed E-state index contributed by atoms with van der Waals surface area (Å²) in [7, 11) is 0. The summed E-state index contributed by atoms with van der Waals surface area (Å²) >= 11 is 0. The monoisotopic (exact) mass is 455 g/mol. The number of Topliss-reactive ketones (excluding diaryl/α,β-unsaturated/α-hetero) is 1. The fraction of sp³-hybridized carbons (Fsp3) is 0.520. The number of hydrogen-bond donors (Lipinski definition) is 0. The predicted octanol–water partition coefficient (Wildman–Crippen LogP) is 5.55. The summed E-state index contributed by atoms with van der Waals surface area (Å²) in [6.45, 7) is 11.0. The maximum Gasteiger partial charge on any atom is 0.425 e. The lowest BCUT2D eigenvalue weighted by molar-refractivity contribution is -0.117. The van der Waals surface area contributed by atoms with Gasteiger partial charge in [0.25, 0.3) is 0 Å². The largest absolute Gasteiger partial charge is 0.444 e. The van der Waals surface area contributed by atoms with Crippen molar-refractivity contribution in [2.75, 3.05) is 4.90 Å². The van der Waals surface area contributed by atoms with Gasteiger partial charge >= 0.3 is 12.2 Å². The minimum atomic E-state index is -0.854. The Morgan fingerprint density at radius 1 is 1.09 bits per heavy atom. The first-order valence-electron chi connectivity index (χ1n) is 11.2. The second-order valence-corrected chi connectivity index (χ2v) is 10.3. The average Bonchev–Trinajstić information content (AvgIpc) is 3.32. The molecule has 1 aromatic carbocycles. The minimum absolute atomic E-state index is 0.00656. The zero-order valence-corrected chi connectivity index (χ0v) is 20.3. The number of benzene rings is 1. The number of rotatable bonds is 4. The molecule has 1 aliphatic carbocycles. The lowest BCUT2D eigenvalue weighted by Gasteiger charge is -2.29. The Balaban J connectivity index is 1.99. The van der Waals surface area contributed by atoms with Gasteiger partial charge in [0.05, 0.1) is 11.2 Å². The smallest absolute Gasteiger partial charge is 0.425 e. The third-order valence-corrected chi connectivity index (χ3v) is 5.20. The molecule has 0 spiro atoms. The third-order valence-electron chi connectivity index (χ3n) is 5.20. The molecule has 2 aromatic rings. The highest BCUT2D eigenvalue weighted by Gasteiger charge is 2.37. The highest BCUT2D eigenvalue weighted by Crippen LogP contribution is 2.35. The molecule has 0 N–H and O–H groups in total. The van der Waals surface area contributed by atoms with Crippen molar-refractivity contribution in [2.45, 2.75) is 84.5 Å². The van der Waals surface area contributed by atoms with Crippen LogP contribution in [0.3, 0.4) is 0 Å². The van der Waals surface area contributed by atoms with E-state index in [1.807, 2.05) is 51.1 Å². The number of anilines is 1. The van der Waals surface area contributed by atoms with Crippen molar-refractivity contribution in [3.63, 3.8) is 0 Å². The highest BCUT2D eigenvalue weighted by atomic mass is 16.6. The zero-order chi connectivity index (χ0) is 24.4. The molecule has 8 nitrogen and oxygen atoms in total. The Bertz CT molecular complexity index is 1010. The van der Waals surface area contributed by atoms with Gasteiger partial charge in [0, 0.05) is 24.8 Å². The first-order chi connectivity index (χ1) is 15.3. The molecule has 1 unspecified atom stereocenters. The molecule has 2 amide bonds. The molecular weight excluding hydrogens is 422 g/mol. The third kappa shape index (κ3) is 6.21. The molecule has 1 aromatic heterocycles. The van der Waals surface area contributed by atoms with Crippen LogP contribution in [0, 0.1) is 0 Å². The van der Waals surface area contributed by atoms with Gasteiger partial charge in [-0.1, -0.05) is 30.3 Å². The van der Waals surface area contributed by atoms with Crippen molar-refractivity contribution < 1.29 is 23.9 Å². The molecule has 3 rings (SSSR count). The Morgan fingerprint density at radius 3 is 2.30 bits per heavy atom. The number of ether oxygens (including phenoxy) is 2. The first kappa shape index (κ1) is 24.5. The van der Waals surface area contributed by atoms with Crippen LogP contribution in [0.4, 0.5) is 15.4 Å². The fourth-order valence-electron chi connectivity index (χ4n) is 3.66. The van der Waals surface area contributed by atoms with Gasteiger partial charge in [0.2, 0.25) is 0 Å². The van der Waals surface area contributed by atoms with Crippen LogP contribution in [0.25, 0.3) is 0 Å². The lowest BCUT2D eigenvalue weighted by atomic mass is 10.0. The van der Waals surface area contributed by atoms with E-state index < -0.39 is 23.3 Å². The van der Waals surface area contributed by atoms with Crippen molar-refractivity contribution in [1.82, 2.24) is 9.78 Å². The van der Waals surface area contributed by atoms with E-state index in [1.54, 1.807) is 31.5 Å². The van der Waals surface area contributed by atoms with Gasteiger partial charge in [0.15, 0.2) is 0 Å². The van der Waals surface area contributed by atoms with Crippen molar-refractivity contribution in [3.8, 4) is 0 Å². The van der Waals surface area contributed by atoms with Gasteiger partial charge in [0.1, 0.15) is 23.8 Å². The molecule has 33 heavy (non-hydrogen) atoms. The lowest BCUT2D eigenvalue weighted by Crippen LogP contribution is -2.43. The quantitative estimate of drug-likeness (QED) is 0.600. The van der Waals surface area contributed by atoms with Crippen LogP contribution >= 0.6 is 0 Å². The van der Waals surface area contributed by atoms with Crippen LogP contribution in [-0.4, -0.2) is 33.4 Å². The molecule has 0 saturated heterocycles. The van der Waals surface area contributed by atoms with Gasteiger partial charge in [-0.05, 0) is 53.5 Å². The Labute approximate surface area is 194 Å². The molecule has 1 saturated carbocycles. The van der Waals surface area contributed by atoms with E-state index in [4.69, 9.17) is 14.6 Å². The van der Waals surface area contributed by atoms with Crippen LogP contribution in [0.2, 0.25) is 0 Å². The zero-order valence-electron chi connectivity index (χ0n) is 20.3. The molecule has 1 atom stereocenters. The van der Waals surface area contributed by atoms with Crippen LogP contribution in [0.5, 0.6) is 0 Å². The molecule has 178 valence electrons. The second kappa shape index (κ2) is 9.37. The molecular formula is C25H33N3O5. The SMILES string of the molecule is CC(C)(C)OC(=O)N(C(=O)OCc1ccccc1)c1cc(C2CCC(=O)C2)nn1C(C)(C)C. The van der Waals surface area contributed by atoms with Gasteiger partial charge in [-0.15, -0.1) is 0 Å². The molecule has 1 aliphatic rings. The number of hydrogen-bond acceptors (Lipinski definition) is 6. The van der Waals surface area contributed by atoms with Gasteiger partial charge < -0.3 is 9.47 Å². The Kier molecular flexibility index (Phi) is 6.95. The summed E-state index contributed by atoms with van der Waals surface area (Å²) < 4.78 is 12.7. The topological polar surface area (TPSA) is 90.7 Å². The summed E-state index contributed by atoms with van der Waals surface area (Å²) in [6, 6.07) is 10.9. The minimum Gasteiger partial charge on any atom is -0.444 e. The predicted molar refractivity (Wildman–Crippen MR) is 124 cm³/mol. The van der Waals surface area contributed by atoms with Crippen LogP contribution in [-0.2, 0) is 26.4 Å². The highest BCUT2D eigenvalue weighted by molar-refractivity contribution is 6.08. The van der Waals surface area contributed by atoms with Crippen LogP contribution in [0.1, 0.15) is 78.0 Å². The Hall–Kier alpha value is -3.16. The summed E-state index contributed by atoms with van der Waals surface area (Å²) in [5.41, 5.74) is 0.109. The molecule has 0 bridgehead atoms. The number of aromatic nitrogens is 2. The van der Waals surface area contributed by atoms with Crippen molar-refractivity contribution in [2.24, 2.45) is 0 Å². The van der Waals surface area contributed by atoms with Crippen molar-refractivity contribution in [1.29, 1.82) is 0 Å². The van der Waals surface area contributed by atoms with Crippen molar-refractivity contribution in [3.05, 3.63) is 47.7 Å². The first-order valence-corrected chi connectivity index (χ1v) is 11.2. The van der Waals surface area contributed by atoms with Gasteiger partial charge in [-0.2, -0.15) is 10.00 Å². The number of ketones is 1. The van der Waals surface area contributed by atoms with Crippen LogP contribution in [0.15, 0.2) is 36.4 Å². The summed E-state index contributed by atoms with van der Waals surface area (Å²) in [5, 5.41) is 4.71. The second-order valence-electron chi connectivity index (χ2n) is 10.3. The van der Waals surface area contributed by atoms with E-state index in [2.05, 4.69) is 0 Å². The maximum absolute atomic E-state index is 13.2.